The summed E-state index contributed by atoms with van der Waals surface area (Å²) >= 11 is 3.46. The second-order valence-corrected chi connectivity index (χ2v) is 5.54. The third-order valence-electron chi connectivity index (χ3n) is 2.59. The maximum absolute atomic E-state index is 9.18. The molecule has 0 bridgehead atoms. The van der Waals surface area contributed by atoms with E-state index < -0.39 is 5.41 Å². The van der Waals surface area contributed by atoms with Crippen LogP contribution in [0.3, 0.4) is 0 Å². The Balaban J connectivity index is 3.39. The van der Waals surface area contributed by atoms with Crippen LogP contribution in [0.25, 0.3) is 0 Å². The van der Waals surface area contributed by atoms with Crippen molar-refractivity contribution in [3.8, 4) is 6.07 Å². The number of benzene rings is 1. The second-order valence-electron chi connectivity index (χ2n) is 4.62. The summed E-state index contributed by atoms with van der Waals surface area (Å²) in [4.78, 5) is 0. The maximum Gasteiger partial charge on any atom is 0.0769 e. The molecule has 0 spiro atoms. The van der Waals surface area contributed by atoms with Gasteiger partial charge in [0, 0.05) is 4.47 Å². The molecule has 0 N–H and O–H groups in total. The Labute approximate surface area is 100 Å². The molecule has 0 radical (unpaired) electrons. The molecule has 0 unspecified atom stereocenters. The SMILES string of the molecule is CC(C)c1ccc(Br)cc1C(C)(C)C#N. The van der Waals surface area contributed by atoms with Gasteiger partial charge in [0.2, 0.25) is 0 Å². The molecule has 0 saturated heterocycles. The van der Waals surface area contributed by atoms with Gasteiger partial charge in [0.1, 0.15) is 0 Å². The van der Waals surface area contributed by atoms with Crippen LogP contribution in [-0.2, 0) is 5.41 Å². The molecule has 0 aliphatic carbocycles. The first kappa shape index (κ1) is 12.3. The van der Waals surface area contributed by atoms with Crippen LogP contribution in [0, 0.1) is 11.3 Å². The van der Waals surface area contributed by atoms with Gasteiger partial charge in [0.25, 0.3) is 0 Å². The summed E-state index contributed by atoms with van der Waals surface area (Å²) in [6.45, 7) is 8.22. The number of hydrogen-bond donors (Lipinski definition) is 0. The van der Waals surface area contributed by atoms with Crippen molar-refractivity contribution in [2.45, 2.75) is 39.0 Å². The van der Waals surface area contributed by atoms with E-state index in [1.807, 2.05) is 19.9 Å². The fourth-order valence-corrected chi connectivity index (χ4v) is 1.99. The van der Waals surface area contributed by atoms with Crippen molar-refractivity contribution >= 4 is 15.9 Å². The Morgan fingerprint density at radius 1 is 1.33 bits per heavy atom. The van der Waals surface area contributed by atoms with Crippen LogP contribution in [-0.4, -0.2) is 0 Å². The summed E-state index contributed by atoms with van der Waals surface area (Å²) in [5.41, 5.74) is 1.95. The molecular weight excluding hydrogens is 250 g/mol. The minimum atomic E-state index is -0.427. The van der Waals surface area contributed by atoms with Gasteiger partial charge in [-0.1, -0.05) is 35.8 Å². The molecule has 1 aromatic rings. The Bertz CT molecular complexity index is 399. The lowest BCUT2D eigenvalue weighted by Gasteiger charge is -2.22. The van der Waals surface area contributed by atoms with Gasteiger partial charge >= 0.3 is 0 Å². The molecule has 1 rings (SSSR count). The van der Waals surface area contributed by atoms with Crippen LogP contribution < -0.4 is 0 Å². The van der Waals surface area contributed by atoms with Crippen LogP contribution in [0.1, 0.15) is 44.7 Å². The summed E-state index contributed by atoms with van der Waals surface area (Å²) < 4.78 is 1.03. The molecule has 15 heavy (non-hydrogen) atoms. The zero-order valence-corrected chi connectivity index (χ0v) is 11.2. The fourth-order valence-electron chi connectivity index (χ4n) is 1.63. The van der Waals surface area contributed by atoms with E-state index in [4.69, 9.17) is 0 Å². The second kappa shape index (κ2) is 4.37. The average molecular weight is 266 g/mol. The minimum absolute atomic E-state index is 0.427. The lowest BCUT2D eigenvalue weighted by molar-refractivity contribution is 0.663. The van der Waals surface area contributed by atoms with Gasteiger partial charge in [-0.2, -0.15) is 5.26 Å². The highest BCUT2D eigenvalue weighted by Crippen LogP contribution is 2.32. The first-order valence-corrected chi connectivity index (χ1v) is 5.89. The molecule has 0 aromatic heterocycles. The van der Waals surface area contributed by atoms with Gasteiger partial charge in [-0.3, -0.25) is 0 Å². The maximum atomic E-state index is 9.18. The van der Waals surface area contributed by atoms with E-state index in [2.05, 4.69) is 48.0 Å². The standard InChI is InChI=1S/C13H16BrN/c1-9(2)11-6-5-10(14)7-12(11)13(3,4)8-15/h5-7,9H,1-4H3. The molecule has 1 aromatic carbocycles. The first-order valence-electron chi connectivity index (χ1n) is 5.09. The van der Waals surface area contributed by atoms with E-state index in [1.54, 1.807) is 0 Å². The molecule has 0 aliphatic rings. The van der Waals surface area contributed by atoms with Gasteiger partial charge in [-0.05, 0) is 43.0 Å². The minimum Gasteiger partial charge on any atom is -0.197 e. The highest BCUT2D eigenvalue weighted by molar-refractivity contribution is 9.10. The van der Waals surface area contributed by atoms with Crippen molar-refractivity contribution in [2.24, 2.45) is 0 Å². The van der Waals surface area contributed by atoms with Crippen LogP contribution in [0.15, 0.2) is 22.7 Å². The predicted molar refractivity (Wildman–Crippen MR) is 66.9 cm³/mol. The molecule has 0 fully saturated rings. The third-order valence-corrected chi connectivity index (χ3v) is 3.08. The first-order chi connectivity index (χ1) is 6.88. The predicted octanol–water partition coefficient (Wildman–Crippen LogP) is 4.37. The summed E-state index contributed by atoms with van der Waals surface area (Å²) in [6.07, 6.45) is 0. The number of nitrogens with zero attached hydrogens (tertiary/aromatic N) is 1. The molecule has 0 heterocycles. The van der Waals surface area contributed by atoms with Crippen molar-refractivity contribution in [1.82, 2.24) is 0 Å². The van der Waals surface area contributed by atoms with Crippen LogP contribution >= 0.6 is 15.9 Å². The quantitative estimate of drug-likeness (QED) is 0.779. The Kier molecular flexibility index (Phi) is 3.57. The summed E-state index contributed by atoms with van der Waals surface area (Å²) in [5.74, 6) is 0.445. The fraction of sp³-hybridized carbons (Fsp3) is 0.462. The van der Waals surface area contributed by atoms with E-state index in [1.165, 1.54) is 5.56 Å². The van der Waals surface area contributed by atoms with Crippen molar-refractivity contribution in [1.29, 1.82) is 5.26 Å². The smallest absolute Gasteiger partial charge is 0.0769 e. The molecule has 80 valence electrons. The molecule has 0 saturated carbocycles. The van der Waals surface area contributed by atoms with Crippen LogP contribution in [0.4, 0.5) is 0 Å². The highest BCUT2D eigenvalue weighted by atomic mass is 79.9. The zero-order chi connectivity index (χ0) is 11.6. The van der Waals surface area contributed by atoms with E-state index in [-0.39, 0.29) is 0 Å². The zero-order valence-electron chi connectivity index (χ0n) is 9.63. The van der Waals surface area contributed by atoms with Gasteiger partial charge < -0.3 is 0 Å². The van der Waals surface area contributed by atoms with Gasteiger partial charge in [0.05, 0.1) is 11.5 Å². The molecule has 0 atom stereocenters. The van der Waals surface area contributed by atoms with Gasteiger partial charge in [-0.15, -0.1) is 0 Å². The molecular formula is C13H16BrN. The van der Waals surface area contributed by atoms with E-state index in [9.17, 15) is 5.26 Å². The number of halogens is 1. The lowest BCUT2D eigenvalue weighted by Crippen LogP contribution is -2.17. The largest absolute Gasteiger partial charge is 0.197 e. The molecule has 2 heteroatoms. The van der Waals surface area contributed by atoms with Crippen LogP contribution in [0.5, 0.6) is 0 Å². The Morgan fingerprint density at radius 3 is 2.40 bits per heavy atom. The van der Waals surface area contributed by atoms with Gasteiger partial charge in [-0.25, -0.2) is 0 Å². The van der Waals surface area contributed by atoms with Crippen molar-refractivity contribution < 1.29 is 0 Å². The number of hydrogen-bond acceptors (Lipinski definition) is 1. The molecule has 0 aliphatic heterocycles. The van der Waals surface area contributed by atoms with E-state index in [0.717, 1.165) is 10.0 Å². The monoisotopic (exact) mass is 265 g/mol. The Morgan fingerprint density at radius 2 is 1.93 bits per heavy atom. The lowest BCUT2D eigenvalue weighted by atomic mass is 9.80. The third kappa shape index (κ3) is 2.60. The molecule has 1 nitrogen and oxygen atoms in total. The van der Waals surface area contributed by atoms with E-state index >= 15 is 0 Å². The number of rotatable bonds is 2. The van der Waals surface area contributed by atoms with Crippen LogP contribution in [0.2, 0.25) is 0 Å². The molecule has 0 amide bonds. The highest BCUT2D eigenvalue weighted by Gasteiger charge is 2.24. The van der Waals surface area contributed by atoms with Crippen molar-refractivity contribution in [3.63, 3.8) is 0 Å². The van der Waals surface area contributed by atoms with Crippen molar-refractivity contribution in [3.05, 3.63) is 33.8 Å². The number of nitriles is 1. The summed E-state index contributed by atoms with van der Waals surface area (Å²) in [5, 5.41) is 9.18. The van der Waals surface area contributed by atoms with E-state index in [0.29, 0.717) is 5.92 Å². The summed E-state index contributed by atoms with van der Waals surface area (Å²) in [6, 6.07) is 8.55. The topological polar surface area (TPSA) is 23.8 Å². The normalized spacial score (nSPS) is 11.5. The average Bonchev–Trinajstić information content (AvgIpc) is 2.17. The van der Waals surface area contributed by atoms with Crippen molar-refractivity contribution in [2.75, 3.05) is 0 Å². The van der Waals surface area contributed by atoms with Gasteiger partial charge in [0.15, 0.2) is 0 Å². The Hall–Kier alpha value is -0.810. The summed E-state index contributed by atoms with van der Waals surface area (Å²) in [7, 11) is 0.